The number of anilines is 1. The van der Waals surface area contributed by atoms with Gasteiger partial charge in [-0.2, -0.15) is 0 Å². The Morgan fingerprint density at radius 2 is 2.07 bits per heavy atom. The summed E-state index contributed by atoms with van der Waals surface area (Å²) in [6, 6.07) is 9.96. The van der Waals surface area contributed by atoms with E-state index in [4.69, 9.17) is 21.3 Å². The van der Waals surface area contributed by atoms with Gasteiger partial charge in [0.05, 0.1) is 13.4 Å². The molecule has 10 nitrogen and oxygen atoms in total. The van der Waals surface area contributed by atoms with Crippen LogP contribution < -0.4 is 11.1 Å². The van der Waals surface area contributed by atoms with E-state index < -0.39 is 5.91 Å². The number of pyridine rings is 2. The molecule has 2 aromatic heterocycles. The van der Waals surface area contributed by atoms with E-state index in [1.807, 2.05) is 13.8 Å². The van der Waals surface area contributed by atoms with Crippen molar-refractivity contribution >= 4 is 35.9 Å². The number of amidine groups is 1. The second-order valence-corrected chi connectivity index (χ2v) is 6.27. The first-order valence-corrected chi connectivity index (χ1v) is 9.02. The van der Waals surface area contributed by atoms with Crippen LogP contribution in [0, 0.1) is 10.8 Å². The lowest BCUT2D eigenvalue weighted by Gasteiger charge is -2.23. The number of aliphatic imine (C=N–C) groups is 1. The first-order chi connectivity index (χ1) is 14.4. The maximum atomic E-state index is 12.7. The molecule has 1 amide bonds. The van der Waals surface area contributed by atoms with Gasteiger partial charge in [0.15, 0.2) is 17.5 Å². The first kappa shape index (κ1) is 22.2. The van der Waals surface area contributed by atoms with Gasteiger partial charge in [-0.1, -0.05) is 12.1 Å². The maximum absolute atomic E-state index is 12.7. The zero-order valence-corrected chi connectivity index (χ0v) is 17.0. The third kappa shape index (κ3) is 5.71. The second kappa shape index (κ2) is 10.5. The Bertz CT molecular complexity index is 970. The van der Waals surface area contributed by atoms with Gasteiger partial charge in [0, 0.05) is 18.5 Å². The van der Waals surface area contributed by atoms with Crippen LogP contribution in [0.1, 0.15) is 19.5 Å². The van der Waals surface area contributed by atoms with Gasteiger partial charge in [-0.05, 0) is 38.1 Å². The lowest BCUT2D eigenvalue weighted by atomic mass is 10.2. The van der Waals surface area contributed by atoms with E-state index in [9.17, 15) is 4.79 Å². The predicted octanol–water partition coefficient (Wildman–Crippen LogP) is 2.28. The molecule has 30 heavy (non-hydrogen) atoms. The van der Waals surface area contributed by atoms with Crippen molar-refractivity contribution < 1.29 is 9.53 Å². The van der Waals surface area contributed by atoms with Crippen molar-refractivity contribution in [1.82, 2.24) is 14.9 Å². The van der Waals surface area contributed by atoms with Crippen molar-refractivity contribution in [1.29, 1.82) is 10.8 Å². The molecule has 2 heterocycles. The molecule has 5 N–H and O–H groups in total. The van der Waals surface area contributed by atoms with E-state index in [0.29, 0.717) is 11.5 Å². The number of amides is 1. The Hall–Kier alpha value is -4.08. The van der Waals surface area contributed by atoms with E-state index in [-0.39, 0.29) is 29.2 Å². The molecule has 2 rings (SSSR count). The van der Waals surface area contributed by atoms with Crippen LogP contribution in [0.4, 0.5) is 11.6 Å². The number of hydrogen-bond donors (Lipinski definition) is 4. The molecule has 0 unspecified atom stereocenters. The number of rotatable bonds is 8. The highest BCUT2D eigenvalue weighted by Crippen LogP contribution is 2.12. The van der Waals surface area contributed by atoms with Crippen LogP contribution in [0.2, 0.25) is 0 Å². The van der Waals surface area contributed by atoms with Gasteiger partial charge in [-0.15, -0.1) is 0 Å². The summed E-state index contributed by atoms with van der Waals surface area (Å²) in [5, 5.41) is 18.4. The Morgan fingerprint density at radius 3 is 2.67 bits per heavy atom. The van der Waals surface area contributed by atoms with Crippen molar-refractivity contribution in [3.05, 3.63) is 59.7 Å². The normalized spacial score (nSPS) is 11.7. The molecule has 0 spiro atoms. The molecule has 0 saturated heterocycles. The fraction of sp³-hybridized carbons (Fsp3) is 0.200. The molecule has 0 aromatic carbocycles. The van der Waals surface area contributed by atoms with Crippen LogP contribution >= 0.6 is 0 Å². The highest BCUT2D eigenvalue weighted by atomic mass is 16.5. The number of methoxy groups -OCH3 is 1. The van der Waals surface area contributed by atoms with Crippen LogP contribution in [-0.2, 0) is 9.53 Å². The lowest BCUT2D eigenvalue weighted by molar-refractivity contribution is -0.112. The van der Waals surface area contributed by atoms with Crippen LogP contribution in [0.25, 0.3) is 0 Å². The average molecular weight is 408 g/mol. The second-order valence-electron chi connectivity index (χ2n) is 6.27. The average Bonchev–Trinajstić information content (AvgIpc) is 2.74. The van der Waals surface area contributed by atoms with Gasteiger partial charge in [-0.3, -0.25) is 15.6 Å². The molecule has 0 bridgehead atoms. The molecule has 0 saturated carbocycles. The van der Waals surface area contributed by atoms with Crippen molar-refractivity contribution in [2.24, 2.45) is 10.7 Å². The van der Waals surface area contributed by atoms with Crippen LogP contribution in [0.15, 0.2) is 59.0 Å². The SMILES string of the molecule is COC(N)=C(C=Nc1ccccn1)C(=O)Nc1cccc(C(=N)N(C=N)C(C)C)n1. The van der Waals surface area contributed by atoms with Gasteiger partial charge < -0.3 is 20.7 Å². The van der Waals surface area contributed by atoms with E-state index in [0.717, 1.165) is 6.34 Å². The van der Waals surface area contributed by atoms with Crippen molar-refractivity contribution in [3.8, 4) is 0 Å². The van der Waals surface area contributed by atoms with E-state index in [1.165, 1.54) is 18.2 Å². The number of ether oxygens (including phenoxy) is 1. The smallest absolute Gasteiger partial charge is 0.263 e. The van der Waals surface area contributed by atoms with Crippen molar-refractivity contribution in [2.75, 3.05) is 12.4 Å². The zero-order valence-electron chi connectivity index (χ0n) is 17.0. The van der Waals surface area contributed by atoms with Gasteiger partial charge in [0.2, 0.25) is 0 Å². The molecule has 0 aliphatic carbocycles. The summed E-state index contributed by atoms with van der Waals surface area (Å²) >= 11 is 0. The highest BCUT2D eigenvalue weighted by Gasteiger charge is 2.17. The lowest BCUT2D eigenvalue weighted by Crippen LogP contribution is -2.36. The monoisotopic (exact) mass is 408 g/mol. The minimum Gasteiger partial charge on any atom is -0.482 e. The van der Waals surface area contributed by atoms with Crippen molar-refractivity contribution in [3.63, 3.8) is 0 Å². The summed E-state index contributed by atoms with van der Waals surface area (Å²) in [6.45, 7) is 3.72. The third-order valence-corrected chi connectivity index (χ3v) is 3.89. The van der Waals surface area contributed by atoms with Crippen LogP contribution in [0.3, 0.4) is 0 Å². The Labute approximate surface area is 174 Å². The number of nitrogens with one attached hydrogen (secondary N) is 3. The minimum absolute atomic E-state index is 0.00580. The molecular weight excluding hydrogens is 384 g/mol. The summed E-state index contributed by atoms with van der Waals surface area (Å²) in [7, 11) is 1.34. The zero-order chi connectivity index (χ0) is 22.1. The number of nitrogens with two attached hydrogens (primary N) is 1. The standard InChI is InChI=1S/C20H24N8O2/c1-13(2)28(12-21)18(22)15-7-6-9-17(26-15)27-20(29)14(19(23)30-3)11-25-16-8-4-5-10-24-16/h4-13,21-22H,23H2,1-3H3,(H,26,27,29). The molecule has 10 heteroatoms. The molecule has 0 aliphatic heterocycles. The molecule has 2 aromatic rings. The van der Waals surface area contributed by atoms with E-state index in [2.05, 4.69) is 20.3 Å². The number of aromatic nitrogens is 2. The Morgan fingerprint density at radius 1 is 1.30 bits per heavy atom. The first-order valence-electron chi connectivity index (χ1n) is 9.02. The van der Waals surface area contributed by atoms with E-state index in [1.54, 1.807) is 42.6 Å². The predicted molar refractivity (Wildman–Crippen MR) is 116 cm³/mol. The maximum Gasteiger partial charge on any atom is 0.263 e. The summed E-state index contributed by atoms with van der Waals surface area (Å²) in [6.07, 6.45) is 3.90. The van der Waals surface area contributed by atoms with Crippen LogP contribution in [-0.4, -0.2) is 52.3 Å². The number of carbonyl (C=O) groups is 1. The third-order valence-electron chi connectivity index (χ3n) is 3.89. The Kier molecular flexibility index (Phi) is 7.74. The van der Waals surface area contributed by atoms with Gasteiger partial charge in [0.25, 0.3) is 5.91 Å². The number of carbonyl (C=O) groups excluding carboxylic acids is 1. The van der Waals surface area contributed by atoms with Crippen molar-refractivity contribution in [2.45, 2.75) is 19.9 Å². The van der Waals surface area contributed by atoms with Gasteiger partial charge in [-0.25, -0.2) is 15.0 Å². The molecular formula is C20H24N8O2. The quantitative estimate of drug-likeness (QED) is 0.227. The summed E-state index contributed by atoms with van der Waals surface area (Å²) in [5.74, 6) is -0.0481. The fourth-order valence-electron chi connectivity index (χ4n) is 2.33. The summed E-state index contributed by atoms with van der Waals surface area (Å²) < 4.78 is 4.99. The number of hydrogen-bond acceptors (Lipinski definition) is 8. The topological polar surface area (TPSA) is 153 Å². The molecule has 0 aliphatic rings. The van der Waals surface area contributed by atoms with E-state index >= 15 is 0 Å². The molecule has 0 fully saturated rings. The Balaban J connectivity index is 2.25. The molecule has 156 valence electrons. The summed E-state index contributed by atoms with van der Waals surface area (Å²) in [5.41, 5.74) is 6.10. The number of nitrogens with zero attached hydrogens (tertiary/aromatic N) is 4. The summed E-state index contributed by atoms with van der Waals surface area (Å²) in [4.78, 5) is 26.7. The molecule has 0 radical (unpaired) electrons. The molecule has 0 atom stereocenters. The largest absolute Gasteiger partial charge is 0.482 e. The highest BCUT2D eigenvalue weighted by molar-refractivity contribution is 6.18. The van der Waals surface area contributed by atoms with Gasteiger partial charge in [0.1, 0.15) is 17.1 Å². The minimum atomic E-state index is -0.585. The van der Waals surface area contributed by atoms with Gasteiger partial charge >= 0.3 is 0 Å². The van der Waals surface area contributed by atoms with Crippen LogP contribution in [0.5, 0.6) is 0 Å². The fourth-order valence-corrected chi connectivity index (χ4v) is 2.33.